The molecule has 0 radical (unpaired) electrons. The van der Waals surface area contributed by atoms with Gasteiger partial charge in [-0.05, 0) is 50.4 Å². The molecule has 0 saturated carbocycles. The van der Waals surface area contributed by atoms with Crippen molar-refractivity contribution in [2.75, 3.05) is 19.8 Å². The zero-order valence-corrected chi connectivity index (χ0v) is 14.8. The van der Waals surface area contributed by atoms with E-state index in [2.05, 4.69) is 11.8 Å². The van der Waals surface area contributed by atoms with Crippen LogP contribution in [0, 0.1) is 0 Å². The number of ether oxygens (including phenoxy) is 2. The molecule has 1 aliphatic heterocycles. The van der Waals surface area contributed by atoms with Crippen molar-refractivity contribution in [2.45, 2.75) is 58.5 Å². The molecule has 1 fully saturated rings. The second kappa shape index (κ2) is 9.52. The molecule has 1 aromatic rings. The van der Waals surface area contributed by atoms with E-state index in [0.29, 0.717) is 19.8 Å². The summed E-state index contributed by atoms with van der Waals surface area (Å²) in [5, 5.41) is 9.40. The summed E-state index contributed by atoms with van der Waals surface area (Å²) in [6, 6.07) is 5.56. The van der Waals surface area contributed by atoms with Crippen molar-refractivity contribution >= 4 is 5.97 Å². The third-order valence-corrected chi connectivity index (χ3v) is 4.35. The standard InChI is InChI=1S/C19H29NO4/c1-3-5-12-24-17-10-9-15(13-18(17)23-4-2)14-20-11-7-6-8-16(20)19(21)22/h9-10,13,16H,3-8,11-12,14H2,1-2H3,(H,21,22). The fourth-order valence-corrected chi connectivity index (χ4v) is 3.06. The lowest BCUT2D eigenvalue weighted by Gasteiger charge is -2.33. The molecule has 134 valence electrons. The summed E-state index contributed by atoms with van der Waals surface area (Å²) >= 11 is 0. The first-order valence-corrected chi connectivity index (χ1v) is 9.01. The number of aliphatic carboxylic acids is 1. The monoisotopic (exact) mass is 335 g/mol. The van der Waals surface area contributed by atoms with Crippen LogP contribution in [-0.4, -0.2) is 41.8 Å². The van der Waals surface area contributed by atoms with Crippen LogP contribution >= 0.6 is 0 Å². The van der Waals surface area contributed by atoms with Crippen LogP contribution < -0.4 is 9.47 Å². The second-order valence-electron chi connectivity index (χ2n) is 6.24. The van der Waals surface area contributed by atoms with Gasteiger partial charge in [-0.2, -0.15) is 0 Å². The van der Waals surface area contributed by atoms with Crippen LogP contribution in [0.1, 0.15) is 51.5 Å². The lowest BCUT2D eigenvalue weighted by Crippen LogP contribution is -2.43. The lowest BCUT2D eigenvalue weighted by molar-refractivity contribution is -0.144. The topological polar surface area (TPSA) is 59.0 Å². The zero-order chi connectivity index (χ0) is 17.4. The van der Waals surface area contributed by atoms with Crippen LogP contribution in [0.15, 0.2) is 18.2 Å². The molecule has 0 spiro atoms. The number of hydrogen-bond acceptors (Lipinski definition) is 4. The van der Waals surface area contributed by atoms with E-state index in [1.54, 1.807) is 0 Å². The molecule has 0 aliphatic carbocycles. The summed E-state index contributed by atoms with van der Waals surface area (Å²) in [5.41, 5.74) is 1.06. The summed E-state index contributed by atoms with van der Waals surface area (Å²) in [6.45, 7) is 6.81. The number of piperidine rings is 1. The van der Waals surface area contributed by atoms with Crippen molar-refractivity contribution in [2.24, 2.45) is 0 Å². The van der Waals surface area contributed by atoms with Gasteiger partial charge in [-0.1, -0.05) is 25.8 Å². The highest BCUT2D eigenvalue weighted by Crippen LogP contribution is 2.30. The average molecular weight is 335 g/mol. The quantitative estimate of drug-likeness (QED) is 0.697. The Morgan fingerprint density at radius 2 is 2.08 bits per heavy atom. The summed E-state index contributed by atoms with van der Waals surface area (Å²) in [7, 11) is 0. The first-order chi connectivity index (χ1) is 11.7. The third kappa shape index (κ3) is 5.13. The number of likely N-dealkylation sites (tertiary alicyclic amines) is 1. The molecule has 1 unspecified atom stereocenters. The minimum absolute atomic E-state index is 0.380. The fraction of sp³-hybridized carbons (Fsp3) is 0.632. The summed E-state index contributed by atoms with van der Waals surface area (Å²) in [5.74, 6) is 0.789. The van der Waals surface area contributed by atoms with Crippen LogP contribution in [0.4, 0.5) is 0 Å². The summed E-state index contributed by atoms with van der Waals surface area (Å²) < 4.78 is 11.5. The van der Waals surface area contributed by atoms with E-state index in [9.17, 15) is 9.90 Å². The van der Waals surface area contributed by atoms with Gasteiger partial charge in [0.25, 0.3) is 0 Å². The highest BCUT2D eigenvalue weighted by Gasteiger charge is 2.28. The van der Waals surface area contributed by atoms with Crippen LogP contribution in [-0.2, 0) is 11.3 Å². The van der Waals surface area contributed by atoms with E-state index in [4.69, 9.17) is 9.47 Å². The number of hydrogen-bond donors (Lipinski definition) is 1. The van der Waals surface area contributed by atoms with E-state index in [-0.39, 0.29) is 6.04 Å². The molecular weight excluding hydrogens is 306 g/mol. The molecule has 0 aromatic heterocycles. The minimum atomic E-state index is -0.723. The van der Waals surface area contributed by atoms with Crippen LogP contribution in [0.25, 0.3) is 0 Å². The van der Waals surface area contributed by atoms with Gasteiger partial charge in [0.15, 0.2) is 11.5 Å². The average Bonchev–Trinajstić information content (AvgIpc) is 2.57. The van der Waals surface area contributed by atoms with Crippen molar-refractivity contribution in [1.82, 2.24) is 4.90 Å². The molecule has 1 aliphatic rings. The molecule has 1 N–H and O–H groups in total. The van der Waals surface area contributed by atoms with Crippen molar-refractivity contribution in [3.05, 3.63) is 23.8 Å². The molecule has 0 amide bonds. The molecule has 1 saturated heterocycles. The predicted molar refractivity (Wildman–Crippen MR) is 93.7 cm³/mol. The first kappa shape index (κ1) is 18.6. The van der Waals surface area contributed by atoms with Gasteiger partial charge in [-0.3, -0.25) is 9.69 Å². The van der Waals surface area contributed by atoms with Gasteiger partial charge in [0.1, 0.15) is 6.04 Å². The molecule has 5 nitrogen and oxygen atoms in total. The Kier molecular flexibility index (Phi) is 7.37. The number of unbranched alkanes of at least 4 members (excludes halogenated alkanes) is 1. The second-order valence-corrected chi connectivity index (χ2v) is 6.24. The van der Waals surface area contributed by atoms with Crippen molar-refractivity contribution in [3.8, 4) is 11.5 Å². The van der Waals surface area contributed by atoms with Crippen molar-refractivity contribution < 1.29 is 19.4 Å². The van der Waals surface area contributed by atoms with Crippen molar-refractivity contribution in [3.63, 3.8) is 0 Å². The molecule has 0 bridgehead atoms. The summed E-state index contributed by atoms with van der Waals surface area (Å²) in [6.07, 6.45) is 4.88. The number of carboxylic acid groups (broad SMARTS) is 1. The maximum Gasteiger partial charge on any atom is 0.320 e. The van der Waals surface area contributed by atoms with Gasteiger partial charge in [0.2, 0.25) is 0 Å². The SMILES string of the molecule is CCCCOc1ccc(CN2CCCCC2C(=O)O)cc1OCC. The number of nitrogens with zero attached hydrogens (tertiary/aromatic N) is 1. The van der Waals surface area contributed by atoms with E-state index in [0.717, 1.165) is 55.7 Å². The Bertz CT molecular complexity index is 532. The molecule has 24 heavy (non-hydrogen) atoms. The van der Waals surface area contributed by atoms with Gasteiger partial charge in [-0.15, -0.1) is 0 Å². The molecule has 1 heterocycles. The van der Waals surface area contributed by atoms with Gasteiger partial charge < -0.3 is 14.6 Å². The van der Waals surface area contributed by atoms with E-state index in [1.165, 1.54) is 0 Å². The van der Waals surface area contributed by atoms with Crippen molar-refractivity contribution in [1.29, 1.82) is 0 Å². The van der Waals surface area contributed by atoms with Gasteiger partial charge >= 0.3 is 5.97 Å². The third-order valence-electron chi connectivity index (χ3n) is 4.35. The van der Waals surface area contributed by atoms with E-state index in [1.807, 2.05) is 25.1 Å². The van der Waals surface area contributed by atoms with Crippen LogP contribution in [0.3, 0.4) is 0 Å². The maximum absolute atomic E-state index is 11.4. The maximum atomic E-state index is 11.4. The lowest BCUT2D eigenvalue weighted by atomic mass is 10.0. The van der Waals surface area contributed by atoms with E-state index >= 15 is 0 Å². The first-order valence-electron chi connectivity index (χ1n) is 9.01. The summed E-state index contributed by atoms with van der Waals surface area (Å²) in [4.78, 5) is 13.5. The smallest absolute Gasteiger partial charge is 0.320 e. The normalized spacial score (nSPS) is 18.3. The van der Waals surface area contributed by atoms with Crippen LogP contribution in [0.5, 0.6) is 11.5 Å². The molecule has 5 heteroatoms. The van der Waals surface area contributed by atoms with Crippen LogP contribution in [0.2, 0.25) is 0 Å². The number of rotatable bonds is 9. The highest BCUT2D eigenvalue weighted by atomic mass is 16.5. The predicted octanol–water partition coefficient (Wildman–Crippen LogP) is 3.70. The zero-order valence-electron chi connectivity index (χ0n) is 14.8. The largest absolute Gasteiger partial charge is 0.490 e. The Labute approximate surface area is 144 Å². The minimum Gasteiger partial charge on any atom is -0.490 e. The molecule has 1 aromatic carbocycles. The number of carbonyl (C=O) groups is 1. The Morgan fingerprint density at radius 1 is 1.25 bits per heavy atom. The fourth-order valence-electron chi connectivity index (χ4n) is 3.06. The Hall–Kier alpha value is -1.75. The number of carboxylic acids is 1. The van der Waals surface area contributed by atoms with E-state index < -0.39 is 5.97 Å². The van der Waals surface area contributed by atoms with Gasteiger partial charge in [0.05, 0.1) is 13.2 Å². The Morgan fingerprint density at radius 3 is 2.79 bits per heavy atom. The highest BCUT2D eigenvalue weighted by molar-refractivity contribution is 5.73. The van der Waals surface area contributed by atoms with Gasteiger partial charge in [-0.25, -0.2) is 0 Å². The molecule has 2 rings (SSSR count). The number of benzene rings is 1. The van der Waals surface area contributed by atoms with Gasteiger partial charge in [0, 0.05) is 6.54 Å². The molecular formula is C19H29NO4. The molecule has 1 atom stereocenters. The Balaban J connectivity index is 2.09.